The van der Waals surface area contributed by atoms with Crippen LogP contribution in [0.15, 0.2) is 0 Å². The number of carboxylic acid groups (broad SMARTS) is 1. The molecule has 13 heavy (non-hydrogen) atoms. The summed E-state index contributed by atoms with van der Waals surface area (Å²) in [5.41, 5.74) is 0. The molecule has 4 nitrogen and oxygen atoms in total. The monoisotopic (exact) mass is 186 g/mol. The van der Waals surface area contributed by atoms with Crippen molar-refractivity contribution >= 4 is 5.97 Å². The second-order valence-electron chi connectivity index (χ2n) is 3.81. The lowest BCUT2D eigenvalue weighted by Crippen LogP contribution is -2.51. The topological polar surface area (TPSA) is 61.4 Å². The van der Waals surface area contributed by atoms with Gasteiger partial charge in [0, 0.05) is 18.6 Å². The summed E-state index contributed by atoms with van der Waals surface area (Å²) >= 11 is 0. The van der Waals surface area contributed by atoms with E-state index in [2.05, 4.69) is 17.6 Å². The highest BCUT2D eigenvalue weighted by molar-refractivity contribution is 5.72. The average molecular weight is 186 g/mol. The highest BCUT2D eigenvalue weighted by atomic mass is 16.4. The van der Waals surface area contributed by atoms with E-state index in [1.807, 2.05) is 0 Å². The van der Waals surface area contributed by atoms with E-state index in [0.717, 1.165) is 19.4 Å². The van der Waals surface area contributed by atoms with E-state index in [1.165, 1.54) is 0 Å². The third-order valence-electron chi connectivity index (χ3n) is 2.52. The molecule has 3 atom stereocenters. The van der Waals surface area contributed by atoms with Crippen LogP contribution < -0.4 is 10.6 Å². The van der Waals surface area contributed by atoms with Gasteiger partial charge in [-0.3, -0.25) is 4.79 Å². The minimum absolute atomic E-state index is 0.308. The van der Waals surface area contributed by atoms with Crippen LogP contribution in [0.5, 0.6) is 0 Å². The Morgan fingerprint density at radius 1 is 1.62 bits per heavy atom. The Labute approximate surface area is 78.7 Å². The van der Waals surface area contributed by atoms with Crippen molar-refractivity contribution in [3.8, 4) is 0 Å². The number of aliphatic carboxylic acids is 1. The summed E-state index contributed by atoms with van der Waals surface area (Å²) in [7, 11) is 0. The van der Waals surface area contributed by atoms with Gasteiger partial charge in [0.15, 0.2) is 0 Å². The predicted molar refractivity (Wildman–Crippen MR) is 50.7 cm³/mol. The summed E-state index contributed by atoms with van der Waals surface area (Å²) in [4.78, 5) is 10.6. The van der Waals surface area contributed by atoms with Crippen molar-refractivity contribution in [1.29, 1.82) is 0 Å². The van der Waals surface area contributed by atoms with Gasteiger partial charge in [0.1, 0.15) is 6.04 Å². The van der Waals surface area contributed by atoms with Gasteiger partial charge in [-0.05, 0) is 26.7 Å². The molecule has 0 amide bonds. The first-order chi connectivity index (χ1) is 6.09. The van der Waals surface area contributed by atoms with Gasteiger partial charge in [-0.25, -0.2) is 0 Å². The molecule has 1 rings (SSSR count). The van der Waals surface area contributed by atoms with Crippen LogP contribution in [-0.2, 0) is 4.79 Å². The van der Waals surface area contributed by atoms with E-state index >= 15 is 0 Å². The Hall–Kier alpha value is -0.610. The van der Waals surface area contributed by atoms with Crippen molar-refractivity contribution in [2.24, 2.45) is 0 Å². The van der Waals surface area contributed by atoms with Gasteiger partial charge in [0.25, 0.3) is 0 Å². The Morgan fingerprint density at radius 3 is 2.77 bits per heavy atom. The minimum atomic E-state index is -0.779. The molecule has 0 bridgehead atoms. The molecule has 0 radical (unpaired) electrons. The molecule has 1 saturated heterocycles. The lowest BCUT2D eigenvalue weighted by molar-refractivity contribution is -0.139. The van der Waals surface area contributed by atoms with Crippen LogP contribution in [0.2, 0.25) is 0 Å². The van der Waals surface area contributed by atoms with Crippen LogP contribution in [0.4, 0.5) is 0 Å². The lowest BCUT2D eigenvalue weighted by Gasteiger charge is -2.29. The zero-order chi connectivity index (χ0) is 9.84. The number of hydrogen-bond acceptors (Lipinski definition) is 3. The van der Waals surface area contributed by atoms with Crippen LogP contribution in [-0.4, -0.2) is 35.7 Å². The molecule has 1 fully saturated rings. The summed E-state index contributed by atoms with van der Waals surface area (Å²) in [6.07, 6.45) is 2.18. The molecule has 0 spiro atoms. The van der Waals surface area contributed by atoms with Crippen molar-refractivity contribution in [2.45, 2.75) is 44.8 Å². The SMILES string of the molecule is CC1CCC(NC(C)C(=O)O)CN1. The van der Waals surface area contributed by atoms with Gasteiger partial charge in [-0.1, -0.05) is 0 Å². The molecule has 3 unspecified atom stereocenters. The van der Waals surface area contributed by atoms with Crippen molar-refractivity contribution in [3.05, 3.63) is 0 Å². The molecule has 4 heteroatoms. The van der Waals surface area contributed by atoms with E-state index in [9.17, 15) is 4.79 Å². The van der Waals surface area contributed by atoms with E-state index in [1.54, 1.807) is 6.92 Å². The number of rotatable bonds is 3. The first-order valence-corrected chi connectivity index (χ1v) is 4.82. The second-order valence-corrected chi connectivity index (χ2v) is 3.81. The smallest absolute Gasteiger partial charge is 0.320 e. The molecular formula is C9H18N2O2. The van der Waals surface area contributed by atoms with Gasteiger partial charge in [0.05, 0.1) is 0 Å². The van der Waals surface area contributed by atoms with Crippen molar-refractivity contribution in [2.75, 3.05) is 6.54 Å². The molecular weight excluding hydrogens is 168 g/mol. The van der Waals surface area contributed by atoms with Crippen LogP contribution in [0.25, 0.3) is 0 Å². The standard InChI is InChI=1S/C9H18N2O2/c1-6-3-4-8(5-10-6)11-7(2)9(12)13/h6-8,10-11H,3-5H2,1-2H3,(H,12,13). The third kappa shape index (κ3) is 3.32. The molecule has 1 aliphatic heterocycles. The zero-order valence-corrected chi connectivity index (χ0v) is 8.21. The van der Waals surface area contributed by atoms with Crippen LogP contribution in [0.3, 0.4) is 0 Å². The summed E-state index contributed by atoms with van der Waals surface area (Å²) in [6, 6.07) is 0.431. The second kappa shape index (κ2) is 4.58. The normalized spacial score (nSPS) is 31.2. The summed E-state index contributed by atoms with van der Waals surface area (Å²) in [5, 5.41) is 15.1. The maximum absolute atomic E-state index is 10.6. The van der Waals surface area contributed by atoms with Gasteiger partial charge in [-0.15, -0.1) is 0 Å². The predicted octanol–water partition coefficient (Wildman–Crippen LogP) is 0.190. The summed E-state index contributed by atoms with van der Waals surface area (Å²) < 4.78 is 0. The molecule has 0 aromatic rings. The molecule has 0 saturated carbocycles. The van der Waals surface area contributed by atoms with Crippen molar-refractivity contribution < 1.29 is 9.90 Å². The molecule has 1 aliphatic rings. The average Bonchev–Trinajstić information content (AvgIpc) is 2.08. The van der Waals surface area contributed by atoms with E-state index in [-0.39, 0.29) is 0 Å². The van der Waals surface area contributed by atoms with Crippen molar-refractivity contribution in [1.82, 2.24) is 10.6 Å². The minimum Gasteiger partial charge on any atom is -0.480 e. The summed E-state index contributed by atoms with van der Waals surface area (Å²) in [5.74, 6) is -0.779. The Morgan fingerprint density at radius 2 is 2.31 bits per heavy atom. The Balaban J connectivity index is 2.26. The molecule has 0 aromatic heterocycles. The zero-order valence-electron chi connectivity index (χ0n) is 8.21. The fourth-order valence-corrected chi connectivity index (χ4v) is 1.57. The number of carboxylic acids is 1. The van der Waals surface area contributed by atoms with Crippen molar-refractivity contribution in [3.63, 3.8) is 0 Å². The molecule has 0 aliphatic carbocycles. The first-order valence-electron chi connectivity index (χ1n) is 4.82. The maximum Gasteiger partial charge on any atom is 0.320 e. The number of nitrogens with one attached hydrogen (secondary N) is 2. The highest BCUT2D eigenvalue weighted by Gasteiger charge is 2.20. The van der Waals surface area contributed by atoms with Gasteiger partial charge < -0.3 is 15.7 Å². The lowest BCUT2D eigenvalue weighted by atomic mass is 10.0. The first kappa shape index (κ1) is 10.5. The molecule has 1 heterocycles. The van der Waals surface area contributed by atoms with Gasteiger partial charge in [-0.2, -0.15) is 0 Å². The molecule has 3 N–H and O–H groups in total. The Bertz CT molecular complexity index is 176. The van der Waals surface area contributed by atoms with Gasteiger partial charge >= 0.3 is 5.97 Å². The maximum atomic E-state index is 10.6. The molecule has 0 aromatic carbocycles. The van der Waals surface area contributed by atoms with E-state index < -0.39 is 12.0 Å². The quantitative estimate of drug-likeness (QED) is 0.589. The van der Waals surface area contributed by atoms with Crippen LogP contribution in [0.1, 0.15) is 26.7 Å². The number of piperidine rings is 1. The Kier molecular flexibility index (Phi) is 3.69. The van der Waals surface area contributed by atoms with Crippen LogP contribution in [0, 0.1) is 0 Å². The van der Waals surface area contributed by atoms with Crippen LogP contribution >= 0.6 is 0 Å². The van der Waals surface area contributed by atoms with E-state index in [0.29, 0.717) is 12.1 Å². The number of carbonyl (C=O) groups is 1. The highest BCUT2D eigenvalue weighted by Crippen LogP contribution is 2.07. The van der Waals surface area contributed by atoms with Gasteiger partial charge in [0.2, 0.25) is 0 Å². The third-order valence-corrected chi connectivity index (χ3v) is 2.52. The summed E-state index contributed by atoms with van der Waals surface area (Å²) in [6.45, 7) is 4.70. The molecule has 76 valence electrons. The fourth-order valence-electron chi connectivity index (χ4n) is 1.57. The largest absolute Gasteiger partial charge is 0.480 e. The number of hydrogen-bond donors (Lipinski definition) is 3. The van der Waals surface area contributed by atoms with E-state index in [4.69, 9.17) is 5.11 Å². The fraction of sp³-hybridized carbons (Fsp3) is 0.889.